The Balaban J connectivity index is 2.12. The second-order valence-electron chi connectivity index (χ2n) is 6.33. The quantitative estimate of drug-likeness (QED) is 0.580. The summed E-state index contributed by atoms with van der Waals surface area (Å²) in [7, 11) is 3.34. The third-order valence-corrected chi connectivity index (χ3v) is 4.39. The van der Waals surface area contributed by atoms with Crippen molar-refractivity contribution in [2.45, 2.75) is 13.0 Å². The van der Waals surface area contributed by atoms with Crippen LogP contribution in [0.4, 0.5) is 10.2 Å². The number of likely N-dealkylation sites (N-methyl/N-ethyl adjacent to an activating group) is 1. The molecule has 1 atom stereocenters. The van der Waals surface area contributed by atoms with Crippen LogP contribution in [0.2, 0.25) is 0 Å². The number of ether oxygens (including phenoxy) is 1. The van der Waals surface area contributed by atoms with E-state index in [9.17, 15) is 9.18 Å². The van der Waals surface area contributed by atoms with Gasteiger partial charge in [-0.15, -0.1) is 0 Å². The number of aromatic nitrogens is 2. The highest BCUT2D eigenvalue weighted by atomic mass is 19.1. The lowest BCUT2D eigenvalue weighted by atomic mass is 10.0. The predicted molar refractivity (Wildman–Crippen MR) is 106 cm³/mol. The Kier molecular flexibility index (Phi) is 5.70. The Hall–Kier alpha value is -3.26. The maximum Gasteiger partial charge on any atom is 0.250 e. The van der Waals surface area contributed by atoms with E-state index in [1.54, 1.807) is 32.2 Å². The fourth-order valence-corrected chi connectivity index (χ4v) is 3.16. The van der Waals surface area contributed by atoms with E-state index < -0.39 is 5.91 Å². The lowest BCUT2D eigenvalue weighted by Gasteiger charge is -2.23. The molecule has 8 heteroatoms. The number of hydrogen-bond donors (Lipinski definition) is 3. The molecule has 0 saturated heterocycles. The van der Waals surface area contributed by atoms with Crippen molar-refractivity contribution in [3.05, 3.63) is 59.2 Å². The molecule has 0 bridgehead atoms. The van der Waals surface area contributed by atoms with E-state index in [4.69, 9.17) is 10.5 Å². The number of nitrogens with one attached hydrogen (secondary N) is 2. The normalized spacial score (nSPS) is 12.0. The number of anilines is 1. The van der Waals surface area contributed by atoms with E-state index in [-0.39, 0.29) is 11.9 Å². The summed E-state index contributed by atoms with van der Waals surface area (Å²) in [6.45, 7) is 2.22. The minimum Gasteiger partial charge on any atom is -0.496 e. The topological polar surface area (TPSA) is 102 Å². The maximum absolute atomic E-state index is 13.9. The molecule has 1 heterocycles. The number of nitrogens with zero attached hydrogens (tertiary/aromatic N) is 2. The van der Waals surface area contributed by atoms with Crippen LogP contribution in [0, 0.1) is 12.7 Å². The van der Waals surface area contributed by atoms with Crippen molar-refractivity contribution in [3.8, 4) is 5.75 Å². The van der Waals surface area contributed by atoms with Crippen molar-refractivity contribution >= 4 is 22.6 Å². The molecule has 3 aromatic rings. The van der Waals surface area contributed by atoms with Crippen molar-refractivity contribution < 1.29 is 13.9 Å². The highest BCUT2D eigenvalue weighted by Gasteiger charge is 2.20. The Morgan fingerprint density at radius 1 is 1.29 bits per heavy atom. The van der Waals surface area contributed by atoms with Gasteiger partial charge in [0.25, 0.3) is 5.91 Å². The summed E-state index contributed by atoms with van der Waals surface area (Å²) < 4.78 is 19.3. The van der Waals surface area contributed by atoms with Gasteiger partial charge in [0.1, 0.15) is 23.2 Å². The molecule has 28 heavy (non-hydrogen) atoms. The molecule has 0 radical (unpaired) electrons. The number of fused-ring (bicyclic) bond motifs is 1. The Labute approximate surface area is 162 Å². The maximum atomic E-state index is 13.9. The van der Waals surface area contributed by atoms with Gasteiger partial charge in [0.2, 0.25) is 0 Å². The molecule has 7 nitrogen and oxygen atoms in total. The minimum atomic E-state index is -0.562. The first-order chi connectivity index (χ1) is 13.4. The number of para-hydroxylation sites is 1. The number of halogens is 1. The molecule has 0 fully saturated rings. The summed E-state index contributed by atoms with van der Waals surface area (Å²) in [4.78, 5) is 20.6. The summed E-state index contributed by atoms with van der Waals surface area (Å²) in [5.41, 5.74) is 6.92. The SMILES string of the molecule is CNC[C@@H](Nc1nc(C)nc2c(C(N)=O)cccc12)c1cc(F)ccc1OC. The number of aryl methyl sites for hydroxylation is 1. The van der Waals surface area contributed by atoms with Gasteiger partial charge in [0.15, 0.2) is 0 Å². The van der Waals surface area contributed by atoms with Gasteiger partial charge in [0, 0.05) is 17.5 Å². The molecule has 0 spiro atoms. The molecule has 3 rings (SSSR count). The van der Waals surface area contributed by atoms with Crippen LogP contribution in [-0.4, -0.2) is 36.6 Å². The fourth-order valence-electron chi connectivity index (χ4n) is 3.16. The molecule has 0 aliphatic heterocycles. The number of nitrogens with two attached hydrogens (primary N) is 1. The molecule has 2 aromatic carbocycles. The molecule has 1 amide bonds. The summed E-state index contributed by atoms with van der Waals surface area (Å²) in [6.07, 6.45) is 0. The van der Waals surface area contributed by atoms with Gasteiger partial charge in [-0.25, -0.2) is 14.4 Å². The van der Waals surface area contributed by atoms with Gasteiger partial charge in [0.05, 0.1) is 24.2 Å². The zero-order chi connectivity index (χ0) is 20.3. The molecule has 0 saturated carbocycles. The lowest BCUT2D eigenvalue weighted by molar-refractivity contribution is 0.100. The zero-order valence-corrected chi connectivity index (χ0v) is 15.9. The van der Waals surface area contributed by atoms with Crippen LogP contribution in [0.1, 0.15) is 27.8 Å². The van der Waals surface area contributed by atoms with Crippen LogP contribution in [0.15, 0.2) is 36.4 Å². The number of benzene rings is 2. The summed E-state index contributed by atoms with van der Waals surface area (Å²) in [6, 6.07) is 9.18. The van der Waals surface area contributed by atoms with Gasteiger partial charge in [-0.05, 0) is 44.3 Å². The van der Waals surface area contributed by atoms with Gasteiger partial charge in [-0.2, -0.15) is 0 Å². The number of carbonyl (C=O) groups is 1. The monoisotopic (exact) mass is 383 g/mol. The predicted octanol–water partition coefficient (Wildman–Crippen LogP) is 2.56. The first-order valence-electron chi connectivity index (χ1n) is 8.76. The second-order valence-corrected chi connectivity index (χ2v) is 6.33. The number of amides is 1. The van der Waals surface area contributed by atoms with Crippen LogP contribution in [0.5, 0.6) is 5.75 Å². The van der Waals surface area contributed by atoms with Crippen molar-refractivity contribution in [3.63, 3.8) is 0 Å². The van der Waals surface area contributed by atoms with Gasteiger partial charge < -0.3 is 21.1 Å². The largest absolute Gasteiger partial charge is 0.496 e. The highest BCUT2D eigenvalue weighted by Crippen LogP contribution is 2.31. The first kappa shape index (κ1) is 19.5. The molecule has 4 N–H and O–H groups in total. The minimum absolute atomic E-state index is 0.319. The Morgan fingerprint density at radius 3 is 2.75 bits per heavy atom. The Morgan fingerprint density at radius 2 is 2.07 bits per heavy atom. The average Bonchev–Trinajstić information content (AvgIpc) is 2.66. The standard InChI is InChI=1S/C20H22FN5O2/c1-11-24-18-13(19(22)27)5-4-6-14(18)20(25-11)26-16(10-23-2)15-9-12(21)7-8-17(15)28-3/h4-9,16,23H,10H2,1-3H3,(H2,22,27)(H,24,25,26)/t16-/m1/s1. The summed E-state index contributed by atoms with van der Waals surface area (Å²) in [5.74, 6) is 0.643. The third kappa shape index (κ3) is 3.86. The Bertz CT molecular complexity index is 1020. The molecular formula is C20H22FN5O2. The molecular weight excluding hydrogens is 361 g/mol. The van der Waals surface area contributed by atoms with Crippen molar-refractivity contribution in [2.75, 3.05) is 26.0 Å². The molecule has 0 aliphatic rings. The van der Waals surface area contributed by atoms with Crippen molar-refractivity contribution in [1.82, 2.24) is 15.3 Å². The van der Waals surface area contributed by atoms with E-state index in [0.29, 0.717) is 46.0 Å². The van der Waals surface area contributed by atoms with Crippen molar-refractivity contribution in [2.24, 2.45) is 5.73 Å². The van der Waals surface area contributed by atoms with Crippen LogP contribution >= 0.6 is 0 Å². The first-order valence-corrected chi connectivity index (χ1v) is 8.76. The van der Waals surface area contributed by atoms with Crippen LogP contribution < -0.4 is 21.1 Å². The lowest BCUT2D eigenvalue weighted by Crippen LogP contribution is -2.25. The average molecular weight is 383 g/mol. The van der Waals surface area contributed by atoms with Crippen LogP contribution in [-0.2, 0) is 0 Å². The number of rotatable bonds is 7. The van der Waals surface area contributed by atoms with Gasteiger partial charge >= 0.3 is 0 Å². The van der Waals surface area contributed by atoms with E-state index in [1.165, 1.54) is 19.2 Å². The van der Waals surface area contributed by atoms with E-state index in [2.05, 4.69) is 20.6 Å². The van der Waals surface area contributed by atoms with E-state index >= 15 is 0 Å². The van der Waals surface area contributed by atoms with E-state index in [0.717, 1.165) is 0 Å². The zero-order valence-electron chi connectivity index (χ0n) is 15.9. The number of hydrogen-bond acceptors (Lipinski definition) is 6. The second kappa shape index (κ2) is 8.18. The number of carbonyl (C=O) groups excluding carboxylic acids is 1. The number of methoxy groups -OCH3 is 1. The van der Waals surface area contributed by atoms with Gasteiger partial charge in [-0.1, -0.05) is 6.07 Å². The van der Waals surface area contributed by atoms with Crippen molar-refractivity contribution in [1.29, 1.82) is 0 Å². The smallest absolute Gasteiger partial charge is 0.250 e. The van der Waals surface area contributed by atoms with Crippen LogP contribution in [0.3, 0.4) is 0 Å². The number of primary amides is 1. The molecule has 146 valence electrons. The molecule has 0 unspecified atom stereocenters. The highest BCUT2D eigenvalue weighted by molar-refractivity contribution is 6.07. The summed E-state index contributed by atoms with van der Waals surface area (Å²) >= 11 is 0. The molecule has 1 aromatic heterocycles. The van der Waals surface area contributed by atoms with E-state index in [1.807, 2.05) is 6.07 Å². The fraction of sp³-hybridized carbons (Fsp3) is 0.250. The third-order valence-electron chi connectivity index (χ3n) is 4.39. The van der Waals surface area contributed by atoms with Gasteiger partial charge in [-0.3, -0.25) is 4.79 Å². The molecule has 0 aliphatic carbocycles. The summed E-state index contributed by atoms with van der Waals surface area (Å²) in [5, 5.41) is 7.08. The van der Waals surface area contributed by atoms with Crippen LogP contribution in [0.25, 0.3) is 10.9 Å².